The quantitative estimate of drug-likeness (QED) is 0.833. The molecule has 0 radical (unpaired) electrons. The molecule has 1 saturated carbocycles. The number of hydrogen-bond acceptors (Lipinski definition) is 4. The lowest BCUT2D eigenvalue weighted by Crippen LogP contribution is -2.44. The summed E-state index contributed by atoms with van der Waals surface area (Å²) >= 11 is 0. The van der Waals surface area contributed by atoms with Gasteiger partial charge >= 0.3 is 5.97 Å². The zero-order valence-electron chi connectivity index (χ0n) is 14.4. The van der Waals surface area contributed by atoms with E-state index in [-0.39, 0.29) is 16.2 Å². The second-order valence-electron chi connectivity index (χ2n) is 6.45. The molecule has 0 bridgehead atoms. The maximum absolute atomic E-state index is 12.5. The SMILES string of the molecule is CCS(=O)(=O)c1cccc(C(=O)NC2CCCCCCC2C(=O)O)c1. The first-order valence-corrected chi connectivity index (χ1v) is 10.4. The van der Waals surface area contributed by atoms with Crippen LogP contribution in [-0.4, -0.2) is 37.2 Å². The van der Waals surface area contributed by atoms with Gasteiger partial charge in [0, 0.05) is 11.6 Å². The second-order valence-corrected chi connectivity index (χ2v) is 8.73. The number of sulfone groups is 1. The van der Waals surface area contributed by atoms with Gasteiger partial charge in [0.15, 0.2) is 9.84 Å². The maximum atomic E-state index is 12.5. The molecule has 0 heterocycles. The van der Waals surface area contributed by atoms with E-state index in [1.54, 1.807) is 13.0 Å². The lowest BCUT2D eigenvalue weighted by atomic mass is 9.86. The minimum absolute atomic E-state index is 0.0399. The molecule has 6 nitrogen and oxygen atoms in total. The minimum atomic E-state index is -3.40. The summed E-state index contributed by atoms with van der Waals surface area (Å²) in [7, 11) is -3.40. The van der Waals surface area contributed by atoms with Gasteiger partial charge in [-0.1, -0.05) is 38.7 Å². The molecule has 1 amide bonds. The van der Waals surface area contributed by atoms with Gasteiger partial charge in [0.1, 0.15) is 0 Å². The van der Waals surface area contributed by atoms with Gasteiger partial charge in [0.25, 0.3) is 5.91 Å². The number of hydrogen-bond donors (Lipinski definition) is 2. The van der Waals surface area contributed by atoms with E-state index in [9.17, 15) is 23.1 Å². The van der Waals surface area contributed by atoms with Crippen molar-refractivity contribution >= 4 is 21.7 Å². The number of aliphatic carboxylic acids is 1. The van der Waals surface area contributed by atoms with Crippen LogP contribution in [0, 0.1) is 5.92 Å². The van der Waals surface area contributed by atoms with E-state index >= 15 is 0 Å². The van der Waals surface area contributed by atoms with Gasteiger partial charge in [-0.15, -0.1) is 0 Å². The molecule has 1 aromatic carbocycles. The summed E-state index contributed by atoms with van der Waals surface area (Å²) in [6.07, 6.45) is 4.93. The molecule has 1 aliphatic carbocycles. The fourth-order valence-electron chi connectivity index (χ4n) is 3.20. The third-order valence-corrected chi connectivity index (χ3v) is 6.47. The molecule has 25 heavy (non-hydrogen) atoms. The molecule has 0 aromatic heterocycles. The van der Waals surface area contributed by atoms with Crippen LogP contribution in [-0.2, 0) is 14.6 Å². The van der Waals surface area contributed by atoms with Crippen LogP contribution in [0.4, 0.5) is 0 Å². The molecule has 2 N–H and O–H groups in total. The van der Waals surface area contributed by atoms with Crippen LogP contribution in [0.5, 0.6) is 0 Å². The van der Waals surface area contributed by atoms with E-state index < -0.39 is 33.7 Å². The summed E-state index contributed by atoms with van der Waals surface area (Å²) in [6.45, 7) is 1.55. The summed E-state index contributed by atoms with van der Waals surface area (Å²) in [5, 5.41) is 12.3. The third kappa shape index (κ3) is 5.04. The van der Waals surface area contributed by atoms with Crippen LogP contribution in [0.1, 0.15) is 55.8 Å². The van der Waals surface area contributed by atoms with Gasteiger partial charge in [-0.2, -0.15) is 0 Å². The Morgan fingerprint density at radius 2 is 1.84 bits per heavy atom. The molecule has 0 saturated heterocycles. The Kier molecular flexibility index (Phi) is 6.58. The monoisotopic (exact) mass is 367 g/mol. The van der Waals surface area contributed by atoms with Crippen molar-refractivity contribution < 1.29 is 23.1 Å². The van der Waals surface area contributed by atoms with Crippen LogP contribution >= 0.6 is 0 Å². The van der Waals surface area contributed by atoms with Crippen molar-refractivity contribution in [1.82, 2.24) is 5.32 Å². The van der Waals surface area contributed by atoms with Crippen molar-refractivity contribution in [3.05, 3.63) is 29.8 Å². The lowest BCUT2D eigenvalue weighted by Gasteiger charge is -2.27. The summed E-state index contributed by atoms with van der Waals surface area (Å²) < 4.78 is 24.0. The Morgan fingerprint density at radius 3 is 2.48 bits per heavy atom. The van der Waals surface area contributed by atoms with Gasteiger partial charge in [0.05, 0.1) is 16.6 Å². The molecule has 138 valence electrons. The lowest BCUT2D eigenvalue weighted by molar-refractivity contribution is -0.143. The average Bonchev–Trinajstić information content (AvgIpc) is 2.57. The van der Waals surface area contributed by atoms with Crippen molar-refractivity contribution in [3.63, 3.8) is 0 Å². The Morgan fingerprint density at radius 1 is 1.16 bits per heavy atom. The molecular formula is C18H25NO5S. The number of carboxylic acids is 1. The third-order valence-electron chi connectivity index (χ3n) is 4.74. The highest BCUT2D eigenvalue weighted by molar-refractivity contribution is 7.91. The van der Waals surface area contributed by atoms with E-state index in [4.69, 9.17) is 0 Å². The van der Waals surface area contributed by atoms with Crippen LogP contribution in [0.2, 0.25) is 0 Å². The normalized spacial score (nSPS) is 21.8. The smallest absolute Gasteiger partial charge is 0.308 e. The molecule has 1 aromatic rings. The predicted molar refractivity (Wildman–Crippen MR) is 94.3 cm³/mol. The number of carbonyl (C=O) groups excluding carboxylic acids is 1. The number of rotatable bonds is 5. The molecular weight excluding hydrogens is 342 g/mol. The Labute approximate surface area is 148 Å². The van der Waals surface area contributed by atoms with Gasteiger partial charge in [0.2, 0.25) is 0 Å². The molecule has 2 rings (SSSR count). The van der Waals surface area contributed by atoms with Crippen molar-refractivity contribution in [2.24, 2.45) is 5.92 Å². The highest BCUT2D eigenvalue weighted by Crippen LogP contribution is 2.24. The van der Waals surface area contributed by atoms with Gasteiger partial charge in [-0.3, -0.25) is 9.59 Å². The summed E-state index contributed by atoms with van der Waals surface area (Å²) in [5.41, 5.74) is 0.237. The van der Waals surface area contributed by atoms with Crippen molar-refractivity contribution in [1.29, 1.82) is 0 Å². The predicted octanol–water partition coefficient (Wildman–Crippen LogP) is 2.63. The number of nitrogens with one attached hydrogen (secondary N) is 1. The Balaban J connectivity index is 2.19. The molecule has 1 fully saturated rings. The second kappa shape index (κ2) is 8.47. The zero-order valence-corrected chi connectivity index (χ0v) is 15.2. The first kappa shape index (κ1) is 19.4. The molecule has 2 atom stereocenters. The minimum Gasteiger partial charge on any atom is -0.481 e. The zero-order chi connectivity index (χ0) is 18.4. The van der Waals surface area contributed by atoms with E-state index in [1.807, 2.05) is 0 Å². The van der Waals surface area contributed by atoms with Gasteiger partial charge in [-0.25, -0.2) is 8.42 Å². The standard InChI is InChI=1S/C18H25NO5S/c1-2-25(23,24)14-9-7-8-13(12-14)17(20)19-16-11-6-4-3-5-10-15(16)18(21)22/h7-9,12,15-16H,2-6,10-11H2,1H3,(H,19,20)(H,21,22). The van der Waals surface area contributed by atoms with Gasteiger partial charge in [-0.05, 0) is 31.0 Å². The van der Waals surface area contributed by atoms with Gasteiger partial charge < -0.3 is 10.4 Å². The number of carbonyl (C=O) groups is 2. The fourth-order valence-corrected chi connectivity index (χ4v) is 4.13. The summed E-state index contributed by atoms with van der Waals surface area (Å²) in [4.78, 5) is 24.2. The van der Waals surface area contributed by atoms with Crippen LogP contribution in [0.3, 0.4) is 0 Å². The van der Waals surface area contributed by atoms with Crippen molar-refractivity contribution in [2.75, 3.05) is 5.75 Å². The maximum Gasteiger partial charge on any atom is 0.308 e. The summed E-state index contributed by atoms with van der Waals surface area (Å²) in [5.74, 6) is -1.96. The number of carboxylic acid groups (broad SMARTS) is 1. The highest BCUT2D eigenvalue weighted by atomic mass is 32.2. The van der Waals surface area contributed by atoms with E-state index in [2.05, 4.69) is 5.32 Å². The Hall–Kier alpha value is -1.89. The number of benzene rings is 1. The summed E-state index contributed by atoms with van der Waals surface area (Å²) in [6, 6.07) is 5.46. The van der Waals surface area contributed by atoms with Crippen LogP contribution in [0.25, 0.3) is 0 Å². The van der Waals surface area contributed by atoms with Crippen LogP contribution in [0.15, 0.2) is 29.2 Å². The molecule has 0 aliphatic heterocycles. The number of amides is 1. The van der Waals surface area contributed by atoms with Crippen LogP contribution < -0.4 is 5.32 Å². The molecule has 0 spiro atoms. The molecule has 1 aliphatic rings. The topological polar surface area (TPSA) is 101 Å². The van der Waals surface area contributed by atoms with Crippen molar-refractivity contribution in [3.8, 4) is 0 Å². The highest BCUT2D eigenvalue weighted by Gasteiger charge is 2.30. The Bertz CT molecular complexity index is 729. The van der Waals surface area contributed by atoms with E-state index in [1.165, 1.54) is 18.2 Å². The first-order valence-electron chi connectivity index (χ1n) is 8.71. The van der Waals surface area contributed by atoms with Crippen molar-refractivity contribution in [2.45, 2.75) is 56.4 Å². The first-order chi connectivity index (χ1) is 11.8. The largest absolute Gasteiger partial charge is 0.481 e. The van der Waals surface area contributed by atoms with E-state index in [0.29, 0.717) is 12.8 Å². The molecule has 2 unspecified atom stereocenters. The van der Waals surface area contributed by atoms with E-state index in [0.717, 1.165) is 25.7 Å². The average molecular weight is 367 g/mol. The fraction of sp³-hybridized carbons (Fsp3) is 0.556. The molecule has 7 heteroatoms.